The third kappa shape index (κ3) is 3.26. The lowest BCUT2D eigenvalue weighted by Gasteiger charge is -2.09. The number of hydrogen-bond acceptors (Lipinski definition) is 5. The van der Waals surface area contributed by atoms with Crippen LogP contribution in [-0.4, -0.2) is 31.6 Å². The van der Waals surface area contributed by atoms with Crippen LogP contribution in [-0.2, 0) is 0 Å². The fraction of sp³-hybridized carbons (Fsp3) is 0.200. The van der Waals surface area contributed by atoms with Crippen LogP contribution in [0.15, 0.2) is 17.2 Å². The van der Waals surface area contributed by atoms with E-state index in [1.54, 1.807) is 6.07 Å². The van der Waals surface area contributed by atoms with Gasteiger partial charge in [0.15, 0.2) is 0 Å². The first-order valence-electron chi connectivity index (χ1n) is 4.62. The molecule has 0 aliphatic rings. The van der Waals surface area contributed by atoms with Gasteiger partial charge in [-0.25, -0.2) is 10.2 Å². The molecule has 0 atom stereocenters. The normalized spacial score (nSPS) is 10.2. The van der Waals surface area contributed by atoms with E-state index in [2.05, 4.69) is 5.10 Å². The van der Waals surface area contributed by atoms with Crippen molar-refractivity contribution in [2.45, 2.75) is 0 Å². The van der Waals surface area contributed by atoms with Crippen LogP contribution in [0.1, 0.15) is 5.56 Å². The number of benzene rings is 1. The highest BCUT2D eigenvalue weighted by Crippen LogP contribution is 2.31. The van der Waals surface area contributed by atoms with Gasteiger partial charge in [-0.1, -0.05) is 0 Å². The Hall–Kier alpha value is -2.44. The van der Waals surface area contributed by atoms with Gasteiger partial charge in [-0.15, -0.1) is 0 Å². The first-order chi connectivity index (χ1) is 8.08. The van der Waals surface area contributed by atoms with Crippen LogP contribution < -0.4 is 20.6 Å². The molecule has 0 fully saturated rings. The van der Waals surface area contributed by atoms with E-state index in [0.29, 0.717) is 17.1 Å². The first-order valence-corrected chi connectivity index (χ1v) is 4.62. The van der Waals surface area contributed by atoms with Crippen molar-refractivity contribution < 1.29 is 19.4 Å². The van der Waals surface area contributed by atoms with E-state index in [0.717, 1.165) is 0 Å². The van der Waals surface area contributed by atoms with Crippen molar-refractivity contribution in [3.63, 3.8) is 0 Å². The number of hydrazone groups is 1. The average molecular weight is 239 g/mol. The fourth-order valence-corrected chi connectivity index (χ4v) is 1.16. The number of phenolic OH excluding ortho intramolecular Hbond substituents is 1. The van der Waals surface area contributed by atoms with E-state index < -0.39 is 6.03 Å². The van der Waals surface area contributed by atoms with Crippen molar-refractivity contribution in [1.82, 2.24) is 5.43 Å². The van der Waals surface area contributed by atoms with E-state index in [1.165, 1.54) is 26.5 Å². The number of amides is 2. The molecular weight excluding hydrogens is 226 g/mol. The molecule has 0 unspecified atom stereocenters. The first kappa shape index (κ1) is 12.6. The van der Waals surface area contributed by atoms with Gasteiger partial charge in [0, 0.05) is 12.1 Å². The number of nitrogens with one attached hydrogen (secondary N) is 1. The van der Waals surface area contributed by atoms with Gasteiger partial charge >= 0.3 is 6.03 Å². The van der Waals surface area contributed by atoms with Crippen molar-refractivity contribution in [3.8, 4) is 17.2 Å². The van der Waals surface area contributed by atoms with Crippen LogP contribution in [0.3, 0.4) is 0 Å². The largest absolute Gasteiger partial charge is 0.507 e. The molecule has 92 valence electrons. The van der Waals surface area contributed by atoms with Crippen LogP contribution in [0.5, 0.6) is 17.2 Å². The van der Waals surface area contributed by atoms with Gasteiger partial charge in [0.2, 0.25) is 0 Å². The maximum atomic E-state index is 10.4. The van der Waals surface area contributed by atoms with Crippen molar-refractivity contribution in [1.29, 1.82) is 0 Å². The van der Waals surface area contributed by atoms with E-state index in [1.807, 2.05) is 5.43 Å². The van der Waals surface area contributed by atoms with Gasteiger partial charge in [-0.2, -0.15) is 5.10 Å². The molecule has 17 heavy (non-hydrogen) atoms. The summed E-state index contributed by atoms with van der Waals surface area (Å²) in [6.07, 6.45) is 1.22. The number of primary amides is 1. The van der Waals surface area contributed by atoms with E-state index >= 15 is 0 Å². The summed E-state index contributed by atoms with van der Waals surface area (Å²) in [6.45, 7) is 0. The van der Waals surface area contributed by atoms with Crippen molar-refractivity contribution in [2.75, 3.05) is 14.2 Å². The Morgan fingerprint density at radius 2 is 2.18 bits per heavy atom. The van der Waals surface area contributed by atoms with Crippen LogP contribution in [0.4, 0.5) is 4.79 Å². The molecule has 0 heterocycles. The average Bonchev–Trinajstić information content (AvgIpc) is 2.30. The highest BCUT2D eigenvalue weighted by atomic mass is 16.5. The molecule has 0 aliphatic carbocycles. The number of carbonyl (C=O) groups is 1. The Labute approximate surface area is 97.8 Å². The molecule has 0 saturated heterocycles. The molecule has 1 aromatic rings. The van der Waals surface area contributed by atoms with Crippen LogP contribution >= 0.6 is 0 Å². The molecule has 4 N–H and O–H groups in total. The molecule has 2 amide bonds. The highest BCUT2D eigenvalue weighted by molar-refractivity contribution is 5.88. The summed E-state index contributed by atoms with van der Waals surface area (Å²) in [5, 5.41) is 13.2. The Morgan fingerprint density at radius 3 is 2.71 bits per heavy atom. The van der Waals surface area contributed by atoms with Gasteiger partial charge in [0.05, 0.1) is 26.0 Å². The summed E-state index contributed by atoms with van der Waals surface area (Å²) in [5.74, 6) is 0.715. The minimum absolute atomic E-state index is 0.0868. The highest BCUT2D eigenvalue weighted by Gasteiger charge is 2.09. The van der Waals surface area contributed by atoms with Crippen LogP contribution in [0.2, 0.25) is 0 Å². The van der Waals surface area contributed by atoms with Gasteiger partial charge in [-0.05, 0) is 0 Å². The molecule has 0 saturated carbocycles. The lowest BCUT2D eigenvalue weighted by molar-refractivity contribution is 0.249. The summed E-state index contributed by atoms with van der Waals surface area (Å²) in [6, 6.07) is 2.17. The quantitative estimate of drug-likeness (QED) is 0.522. The van der Waals surface area contributed by atoms with Crippen LogP contribution in [0.25, 0.3) is 0 Å². The maximum Gasteiger partial charge on any atom is 0.332 e. The lowest BCUT2D eigenvalue weighted by Crippen LogP contribution is -2.24. The smallest absolute Gasteiger partial charge is 0.332 e. The van der Waals surface area contributed by atoms with Crippen LogP contribution in [0, 0.1) is 0 Å². The molecule has 7 heteroatoms. The van der Waals surface area contributed by atoms with Gasteiger partial charge in [0.25, 0.3) is 0 Å². The van der Waals surface area contributed by atoms with Gasteiger partial charge in [-0.3, -0.25) is 0 Å². The Morgan fingerprint density at radius 1 is 1.47 bits per heavy atom. The number of methoxy groups -OCH3 is 2. The minimum Gasteiger partial charge on any atom is -0.507 e. The standard InChI is InChI=1S/C10H13N3O4/c1-16-6-3-8(14)7(9(4-6)17-2)5-12-13-10(11)15/h3-5,14H,1-2H3,(H3,11,13,15). The Kier molecular flexibility index (Phi) is 4.15. The summed E-state index contributed by atoms with van der Waals surface area (Å²) in [4.78, 5) is 10.4. The molecular formula is C10H13N3O4. The second-order valence-electron chi connectivity index (χ2n) is 3.00. The maximum absolute atomic E-state index is 10.4. The summed E-state index contributed by atoms with van der Waals surface area (Å²) in [7, 11) is 2.91. The van der Waals surface area contributed by atoms with E-state index in [9.17, 15) is 9.90 Å². The second kappa shape index (κ2) is 5.59. The molecule has 0 aromatic heterocycles. The minimum atomic E-state index is -0.798. The predicted octanol–water partition coefficient (Wildman–Crippen LogP) is 0.412. The summed E-state index contributed by atoms with van der Waals surface area (Å²) < 4.78 is 10.0. The molecule has 0 aliphatic heterocycles. The van der Waals surface area contributed by atoms with Crippen molar-refractivity contribution in [3.05, 3.63) is 17.7 Å². The molecule has 7 nitrogen and oxygen atoms in total. The van der Waals surface area contributed by atoms with Gasteiger partial charge in [0.1, 0.15) is 17.2 Å². The zero-order chi connectivity index (χ0) is 12.8. The van der Waals surface area contributed by atoms with E-state index in [-0.39, 0.29) is 5.75 Å². The molecule has 1 aromatic carbocycles. The molecule has 0 spiro atoms. The third-order valence-electron chi connectivity index (χ3n) is 1.92. The van der Waals surface area contributed by atoms with Gasteiger partial charge < -0.3 is 20.3 Å². The SMILES string of the molecule is COc1cc(O)c(C=NNC(N)=O)c(OC)c1. The number of carbonyl (C=O) groups excluding carboxylic acids is 1. The number of phenols is 1. The summed E-state index contributed by atoms with van der Waals surface area (Å²) in [5.41, 5.74) is 7.15. The number of ether oxygens (including phenoxy) is 2. The topological polar surface area (TPSA) is 106 Å². The zero-order valence-electron chi connectivity index (χ0n) is 9.43. The van der Waals surface area contributed by atoms with Crippen molar-refractivity contribution >= 4 is 12.2 Å². The number of nitrogens with zero attached hydrogens (tertiary/aromatic N) is 1. The third-order valence-corrected chi connectivity index (χ3v) is 1.92. The summed E-state index contributed by atoms with van der Waals surface area (Å²) >= 11 is 0. The number of urea groups is 1. The molecule has 0 bridgehead atoms. The predicted molar refractivity (Wildman–Crippen MR) is 61.5 cm³/mol. The number of hydrogen-bond donors (Lipinski definition) is 3. The fourth-order valence-electron chi connectivity index (χ4n) is 1.16. The Bertz CT molecular complexity index is 445. The zero-order valence-corrected chi connectivity index (χ0v) is 9.43. The Balaban J connectivity index is 3.05. The lowest BCUT2D eigenvalue weighted by atomic mass is 10.2. The number of nitrogens with two attached hydrogens (primary N) is 1. The van der Waals surface area contributed by atoms with E-state index in [4.69, 9.17) is 15.2 Å². The monoisotopic (exact) mass is 239 g/mol. The molecule has 0 radical (unpaired) electrons. The molecule has 1 rings (SSSR count). The number of aromatic hydroxyl groups is 1. The number of rotatable bonds is 4. The van der Waals surface area contributed by atoms with Crippen molar-refractivity contribution in [2.24, 2.45) is 10.8 Å². The second-order valence-corrected chi connectivity index (χ2v) is 3.00.